The van der Waals surface area contributed by atoms with Gasteiger partial charge < -0.3 is 10.0 Å². The zero-order valence-corrected chi connectivity index (χ0v) is 11.1. The number of hydrogen-bond donors (Lipinski definition) is 1. The van der Waals surface area contributed by atoms with Crippen LogP contribution in [0.3, 0.4) is 0 Å². The van der Waals surface area contributed by atoms with Crippen molar-refractivity contribution >= 4 is 5.91 Å². The Morgan fingerprint density at radius 2 is 2.00 bits per heavy atom. The summed E-state index contributed by atoms with van der Waals surface area (Å²) in [5, 5.41) is 10.1. The normalized spacial score (nSPS) is 24.3. The number of aliphatic hydroxyl groups is 1. The molecule has 2 rings (SSSR count). The van der Waals surface area contributed by atoms with Crippen molar-refractivity contribution in [2.45, 2.75) is 37.6 Å². The minimum Gasteiger partial charge on any atom is -0.386 e. The molecular weight excluding hydrogens is 261 g/mol. The van der Waals surface area contributed by atoms with Gasteiger partial charge in [-0.2, -0.15) is 13.2 Å². The van der Waals surface area contributed by atoms with Crippen LogP contribution in [0.4, 0.5) is 13.2 Å². The summed E-state index contributed by atoms with van der Waals surface area (Å²) in [7, 11) is 1.28. The molecule has 1 heterocycles. The maximum atomic E-state index is 12.3. The number of amides is 1. The van der Waals surface area contributed by atoms with Gasteiger partial charge in [0.15, 0.2) is 0 Å². The second-order valence-electron chi connectivity index (χ2n) is 5.78. The number of nitrogens with zero attached hydrogens (tertiary/aromatic N) is 2. The maximum Gasteiger partial charge on any atom is 0.401 e. The Balaban J connectivity index is 1.83. The molecule has 4 nitrogen and oxygen atoms in total. The lowest BCUT2D eigenvalue weighted by Gasteiger charge is -2.48. The summed E-state index contributed by atoms with van der Waals surface area (Å²) < 4.78 is 36.8. The fourth-order valence-corrected chi connectivity index (χ4v) is 2.52. The fourth-order valence-electron chi connectivity index (χ4n) is 2.52. The molecule has 0 bridgehead atoms. The summed E-state index contributed by atoms with van der Waals surface area (Å²) in [6.45, 7) is 0.852. The zero-order valence-electron chi connectivity index (χ0n) is 11.1. The van der Waals surface area contributed by atoms with E-state index in [1.807, 2.05) is 0 Å². The van der Waals surface area contributed by atoms with E-state index < -0.39 is 24.4 Å². The van der Waals surface area contributed by atoms with Crippen LogP contribution in [0.5, 0.6) is 0 Å². The van der Waals surface area contributed by atoms with Gasteiger partial charge in [-0.05, 0) is 32.7 Å². The van der Waals surface area contributed by atoms with Crippen molar-refractivity contribution in [3.63, 3.8) is 0 Å². The molecule has 110 valence electrons. The molecule has 1 aliphatic heterocycles. The summed E-state index contributed by atoms with van der Waals surface area (Å²) in [6.07, 6.45) is -2.36. The van der Waals surface area contributed by atoms with Crippen LogP contribution in [-0.2, 0) is 4.79 Å². The van der Waals surface area contributed by atoms with E-state index in [-0.39, 0.29) is 24.9 Å². The summed E-state index contributed by atoms with van der Waals surface area (Å²) in [5.41, 5.74) is -0.794. The average molecular weight is 280 g/mol. The van der Waals surface area contributed by atoms with Gasteiger partial charge in [0.05, 0.1) is 25.7 Å². The van der Waals surface area contributed by atoms with E-state index in [0.29, 0.717) is 0 Å². The number of alkyl halides is 3. The highest BCUT2D eigenvalue weighted by Crippen LogP contribution is 2.44. The van der Waals surface area contributed by atoms with Gasteiger partial charge in [0.1, 0.15) is 5.60 Å². The first-order chi connectivity index (χ1) is 8.62. The number of likely N-dealkylation sites (tertiary alicyclic amines) is 1. The molecule has 1 unspecified atom stereocenters. The predicted octanol–water partition coefficient (Wildman–Crippen LogP) is 0.852. The molecule has 1 saturated heterocycles. The van der Waals surface area contributed by atoms with E-state index >= 15 is 0 Å². The second-order valence-corrected chi connectivity index (χ2v) is 5.78. The monoisotopic (exact) mass is 280 g/mol. The Hall–Kier alpha value is -0.820. The summed E-state index contributed by atoms with van der Waals surface area (Å²) >= 11 is 0. The van der Waals surface area contributed by atoms with Crippen LogP contribution in [-0.4, -0.2) is 65.3 Å². The highest BCUT2D eigenvalue weighted by molar-refractivity contribution is 5.82. The molecule has 2 fully saturated rings. The SMILES string of the molecule is CC(C(=O)N1CC(O)(C2CC2)C1)N(C)CC(F)(F)F. The smallest absolute Gasteiger partial charge is 0.386 e. The van der Waals surface area contributed by atoms with E-state index in [1.165, 1.54) is 18.9 Å². The van der Waals surface area contributed by atoms with Crippen molar-refractivity contribution in [3.8, 4) is 0 Å². The number of halogens is 3. The summed E-state index contributed by atoms with van der Waals surface area (Å²) in [4.78, 5) is 14.4. The molecule has 1 amide bonds. The Labute approximate surface area is 110 Å². The Kier molecular flexibility index (Phi) is 3.55. The van der Waals surface area contributed by atoms with Gasteiger partial charge in [-0.3, -0.25) is 9.69 Å². The molecule has 19 heavy (non-hydrogen) atoms. The molecule has 2 aliphatic rings. The van der Waals surface area contributed by atoms with Crippen LogP contribution >= 0.6 is 0 Å². The fraction of sp³-hybridized carbons (Fsp3) is 0.917. The topological polar surface area (TPSA) is 43.8 Å². The van der Waals surface area contributed by atoms with Crippen LogP contribution in [0, 0.1) is 5.92 Å². The van der Waals surface area contributed by atoms with Gasteiger partial charge in [0, 0.05) is 0 Å². The lowest BCUT2D eigenvalue weighted by Crippen LogP contribution is -2.67. The van der Waals surface area contributed by atoms with Gasteiger partial charge in [-0.15, -0.1) is 0 Å². The van der Waals surface area contributed by atoms with E-state index in [4.69, 9.17) is 0 Å². The van der Waals surface area contributed by atoms with Crippen molar-refractivity contribution in [1.29, 1.82) is 0 Å². The molecule has 1 atom stereocenters. The Morgan fingerprint density at radius 1 is 1.47 bits per heavy atom. The predicted molar refractivity (Wildman–Crippen MR) is 62.4 cm³/mol. The highest BCUT2D eigenvalue weighted by Gasteiger charge is 2.53. The first-order valence-corrected chi connectivity index (χ1v) is 6.40. The van der Waals surface area contributed by atoms with Crippen molar-refractivity contribution < 1.29 is 23.1 Å². The standard InChI is InChI=1S/C12H19F3N2O2/c1-8(16(2)7-12(13,14)15)10(18)17-5-11(19,6-17)9-3-4-9/h8-9,19H,3-7H2,1-2H3. The third kappa shape index (κ3) is 3.20. The Morgan fingerprint density at radius 3 is 2.42 bits per heavy atom. The van der Waals surface area contributed by atoms with E-state index in [2.05, 4.69) is 0 Å². The molecule has 0 aromatic heterocycles. The zero-order chi connectivity index (χ0) is 14.4. The first-order valence-electron chi connectivity index (χ1n) is 6.40. The van der Waals surface area contributed by atoms with Crippen LogP contribution in [0.2, 0.25) is 0 Å². The van der Waals surface area contributed by atoms with Crippen molar-refractivity contribution in [3.05, 3.63) is 0 Å². The molecule has 1 aliphatic carbocycles. The number of β-amino-alcohol motifs (C(OH)–C–C–N with tert-alkyl or cyclic N) is 1. The molecule has 0 spiro atoms. The third-order valence-electron chi connectivity index (χ3n) is 4.03. The van der Waals surface area contributed by atoms with Crippen molar-refractivity contribution in [2.75, 3.05) is 26.7 Å². The lowest BCUT2D eigenvalue weighted by molar-refractivity contribution is -0.170. The molecule has 7 heteroatoms. The summed E-state index contributed by atoms with van der Waals surface area (Å²) in [6, 6.07) is -0.828. The van der Waals surface area contributed by atoms with Gasteiger partial charge in [-0.1, -0.05) is 0 Å². The number of likely N-dealkylation sites (N-methyl/N-ethyl adjacent to an activating group) is 1. The van der Waals surface area contributed by atoms with E-state index in [1.54, 1.807) is 0 Å². The number of hydrogen-bond acceptors (Lipinski definition) is 3. The van der Waals surface area contributed by atoms with Crippen molar-refractivity contribution in [1.82, 2.24) is 9.80 Å². The molecule has 0 aromatic rings. The van der Waals surface area contributed by atoms with Crippen LogP contribution in [0.1, 0.15) is 19.8 Å². The lowest BCUT2D eigenvalue weighted by atomic mass is 9.88. The van der Waals surface area contributed by atoms with E-state index in [9.17, 15) is 23.1 Å². The van der Waals surface area contributed by atoms with Gasteiger partial charge in [0.25, 0.3) is 0 Å². The highest BCUT2D eigenvalue weighted by atomic mass is 19.4. The second kappa shape index (κ2) is 4.63. The third-order valence-corrected chi connectivity index (χ3v) is 4.03. The maximum absolute atomic E-state index is 12.3. The van der Waals surface area contributed by atoms with Crippen LogP contribution in [0.25, 0.3) is 0 Å². The quantitative estimate of drug-likeness (QED) is 0.830. The van der Waals surface area contributed by atoms with Crippen molar-refractivity contribution in [2.24, 2.45) is 5.92 Å². The van der Waals surface area contributed by atoms with Crippen LogP contribution in [0.15, 0.2) is 0 Å². The average Bonchev–Trinajstić information content (AvgIpc) is 3.04. The molecule has 0 radical (unpaired) electrons. The van der Waals surface area contributed by atoms with Gasteiger partial charge in [-0.25, -0.2) is 0 Å². The molecule has 0 aromatic carbocycles. The minimum atomic E-state index is -4.31. The minimum absolute atomic E-state index is 0.251. The number of rotatable bonds is 4. The molecular formula is C12H19F3N2O2. The summed E-state index contributed by atoms with van der Waals surface area (Å²) in [5.74, 6) is -0.0863. The number of carbonyl (C=O) groups is 1. The molecule has 1 saturated carbocycles. The number of carbonyl (C=O) groups excluding carboxylic acids is 1. The Bertz CT molecular complexity index is 362. The largest absolute Gasteiger partial charge is 0.401 e. The first kappa shape index (κ1) is 14.6. The van der Waals surface area contributed by atoms with Gasteiger partial charge >= 0.3 is 6.18 Å². The van der Waals surface area contributed by atoms with Crippen LogP contribution < -0.4 is 0 Å². The van der Waals surface area contributed by atoms with Gasteiger partial charge in [0.2, 0.25) is 5.91 Å². The molecule has 1 N–H and O–H groups in total. The van der Waals surface area contributed by atoms with E-state index in [0.717, 1.165) is 17.7 Å².